The van der Waals surface area contributed by atoms with Crippen LogP contribution in [0.15, 0.2) is 71.8 Å². The Bertz CT molecular complexity index is 1080. The highest BCUT2D eigenvalue weighted by Crippen LogP contribution is 2.21. The predicted molar refractivity (Wildman–Crippen MR) is 107 cm³/mol. The number of amides is 1. The molecule has 0 atom stereocenters. The second kappa shape index (κ2) is 7.77. The third kappa shape index (κ3) is 4.10. The Hall–Kier alpha value is -2.90. The van der Waals surface area contributed by atoms with Crippen molar-refractivity contribution in [3.63, 3.8) is 0 Å². The largest absolute Gasteiger partial charge is 0.325 e. The van der Waals surface area contributed by atoms with E-state index >= 15 is 0 Å². The second-order valence-electron chi connectivity index (χ2n) is 5.67. The zero-order valence-corrected chi connectivity index (χ0v) is 15.6. The summed E-state index contributed by atoms with van der Waals surface area (Å²) in [6.45, 7) is 0. The van der Waals surface area contributed by atoms with Crippen molar-refractivity contribution >= 4 is 40.6 Å². The first-order chi connectivity index (χ1) is 13.2. The molecule has 1 N–H and O–H groups in total. The maximum atomic E-state index is 12.1. The van der Waals surface area contributed by atoms with E-state index < -0.39 is 0 Å². The molecule has 0 fully saturated rings. The smallest absolute Gasteiger partial charge is 0.234 e. The first-order valence-electron chi connectivity index (χ1n) is 8.15. The lowest BCUT2D eigenvalue weighted by molar-refractivity contribution is -0.113. The molecule has 4 aromatic rings. The number of carbonyl (C=O) groups excluding carboxylic acids is 1. The van der Waals surface area contributed by atoms with E-state index in [1.165, 1.54) is 11.8 Å². The van der Waals surface area contributed by atoms with Gasteiger partial charge in [0.25, 0.3) is 0 Å². The minimum absolute atomic E-state index is 0.115. The monoisotopic (exact) mass is 395 g/mol. The van der Waals surface area contributed by atoms with Gasteiger partial charge in [-0.15, -0.1) is 10.2 Å². The van der Waals surface area contributed by atoms with Crippen LogP contribution in [0.4, 0.5) is 5.69 Å². The summed E-state index contributed by atoms with van der Waals surface area (Å²) in [4.78, 5) is 12.1. The molecule has 1 amide bonds. The van der Waals surface area contributed by atoms with Gasteiger partial charge in [-0.25, -0.2) is 0 Å². The van der Waals surface area contributed by atoms with Gasteiger partial charge in [-0.1, -0.05) is 53.7 Å². The summed E-state index contributed by atoms with van der Waals surface area (Å²) < 4.78 is 1.69. The summed E-state index contributed by atoms with van der Waals surface area (Å²) in [5.41, 5.74) is 2.29. The highest BCUT2D eigenvalue weighted by molar-refractivity contribution is 7.99. The molecule has 2 aromatic carbocycles. The van der Waals surface area contributed by atoms with Crippen molar-refractivity contribution in [2.24, 2.45) is 0 Å². The lowest BCUT2D eigenvalue weighted by Crippen LogP contribution is -2.14. The van der Waals surface area contributed by atoms with Gasteiger partial charge in [0.1, 0.15) is 5.03 Å². The second-order valence-corrected chi connectivity index (χ2v) is 7.11. The van der Waals surface area contributed by atoms with Crippen molar-refractivity contribution in [1.29, 1.82) is 0 Å². The van der Waals surface area contributed by atoms with Crippen molar-refractivity contribution < 1.29 is 4.79 Å². The van der Waals surface area contributed by atoms with E-state index in [1.54, 1.807) is 28.8 Å². The van der Waals surface area contributed by atoms with E-state index in [4.69, 9.17) is 11.6 Å². The number of aromatic nitrogens is 4. The van der Waals surface area contributed by atoms with E-state index in [1.807, 2.05) is 42.5 Å². The molecule has 6 nitrogen and oxygen atoms in total. The first kappa shape index (κ1) is 17.5. The van der Waals surface area contributed by atoms with E-state index in [9.17, 15) is 4.79 Å². The zero-order chi connectivity index (χ0) is 18.6. The maximum Gasteiger partial charge on any atom is 0.234 e. The molecule has 0 unspecified atom stereocenters. The number of carbonyl (C=O) groups is 1. The summed E-state index contributed by atoms with van der Waals surface area (Å²) >= 11 is 7.19. The highest BCUT2D eigenvalue weighted by atomic mass is 35.5. The molecule has 0 saturated carbocycles. The van der Waals surface area contributed by atoms with Gasteiger partial charge >= 0.3 is 0 Å². The molecular formula is C19H14ClN5OS. The Labute approximate surface area is 164 Å². The number of nitrogens with one attached hydrogen (secondary N) is 1. The van der Waals surface area contributed by atoms with Gasteiger partial charge in [-0.2, -0.15) is 9.61 Å². The minimum atomic E-state index is -0.115. The lowest BCUT2D eigenvalue weighted by atomic mass is 10.2. The van der Waals surface area contributed by atoms with Gasteiger partial charge in [-0.05, 0) is 36.4 Å². The van der Waals surface area contributed by atoms with Crippen molar-refractivity contribution in [2.45, 2.75) is 5.03 Å². The van der Waals surface area contributed by atoms with Crippen LogP contribution in [-0.4, -0.2) is 31.5 Å². The maximum absolute atomic E-state index is 12.1. The number of hydrogen-bond acceptors (Lipinski definition) is 5. The number of rotatable bonds is 5. The molecule has 0 aliphatic rings. The Morgan fingerprint density at radius 1 is 1.00 bits per heavy atom. The first-order valence-corrected chi connectivity index (χ1v) is 9.51. The van der Waals surface area contributed by atoms with Crippen LogP contribution in [0.5, 0.6) is 0 Å². The lowest BCUT2D eigenvalue weighted by Gasteiger charge is -2.05. The number of fused-ring (bicyclic) bond motifs is 1. The van der Waals surface area contributed by atoms with Crippen LogP contribution < -0.4 is 5.32 Å². The van der Waals surface area contributed by atoms with Gasteiger partial charge in [0.2, 0.25) is 5.91 Å². The quantitative estimate of drug-likeness (QED) is 0.513. The average Bonchev–Trinajstić information content (AvgIpc) is 3.12. The summed E-state index contributed by atoms with van der Waals surface area (Å²) in [5.74, 6) is 0.791. The molecule has 0 aliphatic heterocycles. The topological polar surface area (TPSA) is 72.2 Å². The molecule has 0 aliphatic carbocycles. The Kier molecular flexibility index (Phi) is 5.04. The SMILES string of the molecule is O=C(CSc1ccc2nnc(-c3ccccc3)n2n1)Nc1ccc(Cl)cc1. The van der Waals surface area contributed by atoms with Crippen LogP contribution in [0.2, 0.25) is 5.02 Å². The Morgan fingerprint density at radius 2 is 1.78 bits per heavy atom. The third-order valence-electron chi connectivity index (χ3n) is 3.75. The van der Waals surface area contributed by atoms with Crippen LogP contribution in [0.3, 0.4) is 0 Å². The molecule has 27 heavy (non-hydrogen) atoms. The molecule has 8 heteroatoms. The summed E-state index contributed by atoms with van der Waals surface area (Å²) in [6.07, 6.45) is 0. The normalized spacial score (nSPS) is 10.9. The number of thioether (sulfide) groups is 1. The van der Waals surface area contributed by atoms with Crippen LogP contribution in [-0.2, 0) is 4.79 Å². The fraction of sp³-hybridized carbons (Fsp3) is 0.0526. The van der Waals surface area contributed by atoms with Gasteiger partial charge in [0.15, 0.2) is 11.5 Å². The number of nitrogens with zero attached hydrogens (tertiary/aromatic N) is 4. The number of halogens is 1. The molecule has 4 rings (SSSR count). The van der Waals surface area contributed by atoms with E-state index in [-0.39, 0.29) is 11.7 Å². The molecule has 0 spiro atoms. The Morgan fingerprint density at radius 3 is 2.56 bits per heavy atom. The fourth-order valence-corrected chi connectivity index (χ4v) is 3.27. The van der Waals surface area contributed by atoms with Gasteiger partial charge < -0.3 is 5.32 Å². The van der Waals surface area contributed by atoms with Crippen molar-refractivity contribution in [3.05, 3.63) is 71.8 Å². The molecule has 2 heterocycles. The van der Waals surface area contributed by atoms with E-state index in [2.05, 4.69) is 20.6 Å². The number of benzene rings is 2. The molecular weight excluding hydrogens is 382 g/mol. The number of anilines is 1. The predicted octanol–water partition coefficient (Wildman–Crippen LogP) is 4.18. The molecule has 134 valence electrons. The summed E-state index contributed by atoms with van der Waals surface area (Å²) in [5, 5.41) is 17.1. The summed E-state index contributed by atoms with van der Waals surface area (Å²) in [7, 11) is 0. The fourth-order valence-electron chi connectivity index (χ4n) is 2.49. The van der Waals surface area contributed by atoms with E-state index in [0.29, 0.717) is 27.2 Å². The third-order valence-corrected chi connectivity index (χ3v) is 4.92. The van der Waals surface area contributed by atoms with Crippen LogP contribution >= 0.6 is 23.4 Å². The van der Waals surface area contributed by atoms with Crippen LogP contribution in [0.25, 0.3) is 17.0 Å². The van der Waals surface area contributed by atoms with Gasteiger partial charge in [-0.3, -0.25) is 4.79 Å². The Balaban J connectivity index is 1.47. The van der Waals surface area contributed by atoms with Crippen molar-refractivity contribution in [3.8, 4) is 11.4 Å². The van der Waals surface area contributed by atoms with Crippen LogP contribution in [0.1, 0.15) is 0 Å². The highest BCUT2D eigenvalue weighted by Gasteiger charge is 2.11. The average molecular weight is 396 g/mol. The summed E-state index contributed by atoms with van der Waals surface area (Å²) in [6, 6.07) is 20.4. The zero-order valence-electron chi connectivity index (χ0n) is 14.0. The van der Waals surface area contributed by atoms with Crippen molar-refractivity contribution in [2.75, 3.05) is 11.1 Å². The van der Waals surface area contributed by atoms with Crippen LogP contribution in [0, 0.1) is 0 Å². The minimum Gasteiger partial charge on any atom is -0.325 e. The standard InChI is InChI=1S/C19H14ClN5OS/c20-14-6-8-15(9-7-14)21-17(26)12-27-18-11-10-16-22-23-19(25(16)24-18)13-4-2-1-3-5-13/h1-11H,12H2,(H,21,26). The van der Waals surface area contributed by atoms with E-state index in [0.717, 1.165) is 5.56 Å². The molecule has 2 aromatic heterocycles. The number of hydrogen-bond donors (Lipinski definition) is 1. The molecule has 0 saturated heterocycles. The molecule has 0 bridgehead atoms. The van der Waals surface area contributed by atoms with Crippen molar-refractivity contribution in [1.82, 2.24) is 19.8 Å². The molecule has 0 radical (unpaired) electrons. The van der Waals surface area contributed by atoms with Gasteiger partial charge in [0, 0.05) is 16.3 Å². The van der Waals surface area contributed by atoms with Gasteiger partial charge in [0.05, 0.1) is 5.75 Å².